The molecule has 0 aromatic heterocycles. The standard InChI is InChI=1S/C18H17ClN2O2/c1-13(23-17-6-4-3-5-16(17)19)18(22)21(2)12-15-9-7-14(11-20)8-10-15/h3-10,13H,12H2,1-2H3. The fourth-order valence-electron chi connectivity index (χ4n) is 2.13. The van der Waals surface area contributed by atoms with Gasteiger partial charge in [-0.25, -0.2) is 0 Å². The first-order valence-electron chi connectivity index (χ1n) is 7.16. The molecule has 0 aliphatic heterocycles. The highest BCUT2D eigenvalue weighted by atomic mass is 35.5. The second-order valence-electron chi connectivity index (χ2n) is 5.19. The summed E-state index contributed by atoms with van der Waals surface area (Å²) in [6.07, 6.45) is -0.640. The lowest BCUT2D eigenvalue weighted by atomic mass is 10.1. The second kappa shape index (κ2) is 7.66. The number of likely N-dealkylation sites (N-methyl/N-ethyl adjacent to an activating group) is 1. The second-order valence-corrected chi connectivity index (χ2v) is 5.60. The van der Waals surface area contributed by atoms with Crippen LogP contribution in [0.15, 0.2) is 48.5 Å². The van der Waals surface area contributed by atoms with Crippen LogP contribution in [0.2, 0.25) is 5.02 Å². The van der Waals surface area contributed by atoms with E-state index in [4.69, 9.17) is 21.6 Å². The molecule has 0 aliphatic carbocycles. The number of ether oxygens (including phenoxy) is 1. The van der Waals surface area contributed by atoms with E-state index in [0.717, 1.165) is 5.56 Å². The van der Waals surface area contributed by atoms with Gasteiger partial charge in [0.05, 0.1) is 16.7 Å². The number of benzene rings is 2. The molecule has 1 amide bonds. The molecule has 1 unspecified atom stereocenters. The van der Waals surface area contributed by atoms with Crippen molar-refractivity contribution < 1.29 is 9.53 Å². The minimum atomic E-state index is -0.640. The van der Waals surface area contributed by atoms with Crippen LogP contribution in [-0.2, 0) is 11.3 Å². The predicted octanol–water partition coefficient (Wildman–Crippen LogP) is 3.64. The number of rotatable bonds is 5. The van der Waals surface area contributed by atoms with Crippen molar-refractivity contribution >= 4 is 17.5 Å². The van der Waals surface area contributed by atoms with Crippen molar-refractivity contribution in [1.29, 1.82) is 5.26 Å². The van der Waals surface area contributed by atoms with E-state index in [1.807, 2.05) is 12.1 Å². The molecule has 5 heteroatoms. The number of hydrogen-bond donors (Lipinski definition) is 0. The maximum Gasteiger partial charge on any atom is 0.263 e. The number of halogens is 1. The maximum atomic E-state index is 12.4. The summed E-state index contributed by atoms with van der Waals surface area (Å²) in [5, 5.41) is 9.27. The van der Waals surface area contributed by atoms with E-state index >= 15 is 0 Å². The fourth-order valence-corrected chi connectivity index (χ4v) is 2.31. The van der Waals surface area contributed by atoms with E-state index in [9.17, 15) is 4.79 Å². The average Bonchev–Trinajstić information content (AvgIpc) is 2.56. The Kier molecular flexibility index (Phi) is 5.61. The predicted molar refractivity (Wildman–Crippen MR) is 89.2 cm³/mol. The number of para-hydroxylation sites is 1. The summed E-state index contributed by atoms with van der Waals surface area (Å²) in [6, 6.07) is 16.3. The molecule has 118 valence electrons. The first-order chi connectivity index (χ1) is 11.0. The minimum Gasteiger partial charge on any atom is -0.479 e. The van der Waals surface area contributed by atoms with Gasteiger partial charge in [0.15, 0.2) is 6.10 Å². The first-order valence-corrected chi connectivity index (χ1v) is 7.54. The summed E-state index contributed by atoms with van der Waals surface area (Å²) in [7, 11) is 1.72. The number of nitrogens with zero attached hydrogens (tertiary/aromatic N) is 2. The molecule has 0 fully saturated rings. The molecule has 1 atom stereocenters. The Bertz CT molecular complexity index is 723. The molecular formula is C18H17ClN2O2. The Morgan fingerprint density at radius 1 is 1.26 bits per heavy atom. The Labute approximate surface area is 140 Å². The van der Waals surface area contributed by atoms with E-state index in [1.165, 1.54) is 0 Å². The van der Waals surface area contributed by atoms with Crippen LogP contribution in [0.5, 0.6) is 5.75 Å². The largest absolute Gasteiger partial charge is 0.479 e. The summed E-state index contributed by atoms with van der Waals surface area (Å²) in [5.74, 6) is 0.344. The summed E-state index contributed by atoms with van der Waals surface area (Å²) < 4.78 is 5.64. The minimum absolute atomic E-state index is 0.144. The lowest BCUT2D eigenvalue weighted by Gasteiger charge is -2.22. The zero-order chi connectivity index (χ0) is 16.8. The van der Waals surface area contributed by atoms with Crippen molar-refractivity contribution in [2.75, 3.05) is 7.05 Å². The highest BCUT2D eigenvalue weighted by molar-refractivity contribution is 6.32. The Hall–Kier alpha value is -2.51. The SMILES string of the molecule is CC(Oc1ccccc1Cl)C(=O)N(C)Cc1ccc(C#N)cc1. The van der Waals surface area contributed by atoms with E-state index in [1.54, 1.807) is 55.3 Å². The molecule has 0 N–H and O–H groups in total. The lowest BCUT2D eigenvalue weighted by Crippen LogP contribution is -2.37. The topological polar surface area (TPSA) is 53.3 Å². The maximum absolute atomic E-state index is 12.4. The lowest BCUT2D eigenvalue weighted by molar-refractivity contribution is -0.137. The van der Waals surface area contributed by atoms with Gasteiger partial charge in [0, 0.05) is 13.6 Å². The number of carbonyl (C=O) groups excluding carboxylic acids is 1. The van der Waals surface area contributed by atoms with Gasteiger partial charge in [-0.1, -0.05) is 35.9 Å². The quantitative estimate of drug-likeness (QED) is 0.842. The van der Waals surface area contributed by atoms with Crippen molar-refractivity contribution in [2.24, 2.45) is 0 Å². The van der Waals surface area contributed by atoms with Crippen molar-refractivity contribution in [3.63, 3.8) is 0 Å². The van der Waals surface area contributed by atoms with E-state index in [-0.39, 0.29) is 5.91 Å². The third-order valence-corrected chi connectivity index (χ3v) is 3.68. The number of amides is 1. The van der Waals surface area contributed by atoms with E-state index in [2.05, 4.69) is 6.07 Å². The Morgan fingerprint density at radius 3 is 2.52 bits per heavy atom. The van der Waals surface area contributed by atoms with Gasteiger partial charge in [-0.05, 0) is 36.8 Å². The van der Waals surface area contributed by atoms with Gasteiger partial charge in [0.25, 0.3) is 5.91 Å². The highest BCUT2D eigenvalue weighted by Crippen LogP contribution is 2.24. The number of nitriles is 1. The summed E-state index contributed by atoms with van der Waals surface area (Å²) >= 11 is 6.03. The van der Waals surface area contributed by atoms with Crippen molar-refractivity contribution in [2.45, 2.75) is 19.6 Å². The monoisotopic (exact) mass is 328 g/mol. The molecule has 0 spiro atoms. The van der Waals surface area contributed by atoms with Crippen LogP contribution in [0, 0.1) is 11.3 Å². The van der Waals surface area contributed by atoms with Gasteiger partial charge < -0.3 is 9.64 Å². The van der Waals surface area contributed by atoms with Crippen LogP contribution >= 0.6 is 11.6 Å². The number of hydrogen-bond acceptors (Lipinski definition) is 3. The van der Waals surface area contributed by atoms with E-state index < -0.39 is 6.10 Å². The zero-order valence-electron chi connectivity index (χ0n) is 13.0. The van der Waals surface area contributed by atoms with Crippen molar-refractivity contribution in [3.8, 4) is 11.8 Å². The molecule has 0 aliphatic rings. The van der Waals surface area contributed by atoms with Crippen molar-refractivity contribution in [1.82, 2.24) is 4.90 Å². The molecule has 0 bridgehead atoms. The van der Waals surface area contributed by atoms with Crippen LogP contribution in [0.25, 0.3) is 0 Å². The van der Waals surface area contributed by atoms with Gasteiger partial charge in [-0.3, -0.25) is 4.79 Å². The number of carbonyl (C=O) groups is 1. The third kappa shape index (κ3) is 4.48. The van der Waals surface area contributed by atoms with Gasteiger partial charge in [0.1, 0.15) is 5.75 Å². The zero-order valence-corrected chi connectivity index (χ0v) is 13.7. The molecule has 0 heterocycles. The first kappa shape index (κ1) is 16.9. The Balaban J connectivity index is 1.98. The van der Waals surface area contributed by atoms with Gasteiger partial charge in [0.2, 0.25) is 0 Å². The molecule has 0 saturated carbocycles. The molecule has 0 radical (unpaired) electrons. The summed E-state index contributed by atoms with van der Waals surface area (Å²) in [4.78, 5) is 14.0. The van der Waals surface area contributed by atoms with Crippen LogP contribution in [0.4, 0.5) is 0 Å². The highest BCUT2D eigenvalue weighted by Gasteiger charge is 2.20. The van der Waals surface area contributed by atoms with Crippen LogP contribution in [-0.4, -0.2) is 24.0 Å². The molecular weight excluding hydrogens is 312 g/mol. The molecule has 2 aromatic carbocycles. The van der Waals surface area contributed by atoms with Crippen LogP contribution in [0.3, 0.4) is 0 Å². The third-order valence-electron chi connectivity index (χ3n) is 3.37. The summed E-state index contributed by atoms with van der Waals surface area (Å²) in [5.41, 5.74) is 1.54. The molecule has 4 nitrogen and oxygen atoms in total. The molecule has 0 saturated heterocycles. The fraction of sp³-hybridized carbons (Fsp3) is 0.222. The molecule has 2 aromatic rings. The average molecular weight is 329 g/mol. The van der Waals surface area contributed by atoms with Crippen LogP contribution in [0.1, 0.15) is 18.1 Å². The van der Waals surface area contributed by atoms with Gasteiger partial charge in [-0.2, -0.15) is 5.26 Å². The van der Waals surface area contributed by atoms with Gasteiger partial charge in [-0.15, -0.1) is 0 Å². The summed E-state index contributed by atoms with van der Waals surface area (Å²) in [6.45, 7) is 2.14. The molecule has 23 heavy (non-hydrogen) atoms. The van der Waals surface area contributed by atoms with Crippen molar-refractivity contribution in [3.05, 3.63) is 64.7 Å². The van der Waals surface area contributed by atoms with Gasteiger partial charge >= 0.3 is 0 Å². The van der Waals surface area contributed by atoms with Crippen LogP contribution < -0.4 is 4.74 Å². The Morgan fingerprint density at radius 2 is 1.91 bits per heavy atom. The normalized spacial score (nSPS) is 11.4. The van der Waals surface area contributed by atoms with E-state index in [0.29, 0.717) is 22.9 Å². The smallest absolute Gasteiger partial charge is 0.263 e. The molecule has 2 rings (SSSR count).